The van der Waals surface area contributed by atoms with E-state index in [0.29, 0.717) is 11.6 Å². The zero-order valence-corrected chi connectivity index (χ0v) is 10.8. The quantitative estimate of drug-likeness (QED) is 0.844. The summed E-state index contributed by atoms with van der Waals surface area (Å²) in [6.07, 6.45) is 0. The molecule has 1 aromatic rings. The van der Waals surface area contributed by atoms with E-state index in [1.54, 1.807) is 19.2 Å². The lowest BCUT2D eigenvalue weighted by atomic mass is 10.1. The Hall–Kier alpha value is -1.73. The fraction of sp³-hybridized carbons (Fsp3) is 0.462. The van der Waals surface area contributed by atoms with Crippen molar-refractivity contribution in [1.82, 2.24) is 4.90 Å². The van der Waals surface area contributed by atoms with Gasteiger partial charge in [-0.15, -0.1) is 0 Å². The lowest BCUT2D eigenvalue weighted by Gasteiger charge is -2.21. The van der Waals surface area contributed by atoms with Crippen molar-refractivity contribution in [3.05, 3.63) is 23.8 Å². The Morgan fingerprint density at radius 3 is 2.71 bits per heavy atom. The summed E-state index contributed by atoms with van der Waals surface area (Å²) in [7, 11) is 5.68. The van der Waals surface area contributed by atoms with Crippen LogP contribution in [0, 0.1) is 11.3 Å². The van der Waals surface area contributed by atoms with Crippen molar-refractivity contribution in [1.29, 1.82) is 5.26 Å². The Kier molecular flexibility index (Phi) is 4.80. The van der Waals surface area contributed by atoms with E-state index in [1.807, 2.05) is 20.2 Å². The molecule has 0 spiro atoms. The Labute approximate surface area is 103 Å². The Bertz CT molecular complexity index is 410. The molecule has 0 aliphatic carbocycles. The largest absolute Gasteiger partial charge is 0.497 e. The summed E-state index contributed by atoms with van der Waals surface area (Å²) in [5.74, 6) is 0.754. The van der Waals surface area contributed by atoms with E-state index in [9.17, 15) is 0 Å². The monoisotopic (exact) mass is 233 g/mol. The third kappa shape index (κ3) is 3.65. The van der Waals surface area contributed by atoms with Crippen molar-refractivity contribution < 1.29 is 4.74 Å². The molecular weight excluding hydrogens is 214 g/mol. The highest BCUT2D eigenvalue weighted by atomic mass is 16.5. The maximum Gasteiger partial charge on any atom is 0.121 e. The molecule has 1 N–H and O–H groups in total. The minimum absolute atomic E-state index is 0.396. The first-order valence-electron chi connectivity index (χ1n) is 5.57. The molecule has 4 nitrogen and oxygen atoms in total. The van der Waals surface area contributed by atoms with E-state index in [4.69, 9.17) is 10.00 Å². The van der Waals surface area contributed by atoms with Crippen LogP contribution >= 0.6 is 0 Å². The van der Waals surface area contributed by atoms with Crippen molar-refractivity contribution >= 4 is 5.69 Å². The van der Waals surface area contributed by atoms with Crippen LogP contribution in [0.1, 0.15) is 12.5 Å². The van der Waals surface area contributed by atoms with Gasteiger partial charge in [0.2, 0.25) is 0 Å². The molecule has 0 radical (unpaired) electrons. The lowest BCUT2D eigenvalue weighted by molar-refractivity contribution is 0.326. The summed E-state index contributed by atoms with van der Waals surface area (Å²) in [6.45, 7) is 2.91. The van der Waals surface area contributed by atoms with Gasteiger partial charge in [-0.05, 0) is 33.2 Å². The topological polar surface area (TPSA) is 48.3 Å². The van der Waals surface area contributed by atoms with E-state index in [2.05, 4.69) is 23.2 Å². The summed E-state index contributed by atoms with van der Waals surface area (Å²) in [5, 5.41) is 12.3. The van der Waals surface area contributed by atoms with Gasteiger partial charge in [0.15, 0.2) is 0 Å². The molecule has 0 amide bonds. The number of methoxy groups -OCH3 is 1. The van der Waals surface area contributed by atoms with Crippen LogP contribution in [0.25, 0.3) is 0 Å². The highest BCUT2D eigenvalue weighted by Crippen LogP contribution is 2.21. The van der Waals surface area contributed by atoms with Crippen LogP contribution in [0.5, 0.6) is 5.75 Å². The minimum Gasteiger partial charge on any atom is -0.497 e. The van der Waals surface area contributed by atoms with Crippen molar-refractivity contribution in [2.45, 2.75) is 13.0 Å². The van der Waals surface area contributed by atoms with Crippen molar-refractivity contribution in [3.63, 3.8) is 0 Å². The summed E-state index contributed by atoms with van der Waals surface area (Å²) < 4.78 is 5.15. The molecule has 0 aliphatic rings. The van der Waals surface area contributed by atoms with Gasteiger partial charge in [-0.3, -0.25) is 0 Å². The van der Waals surface area contributed by atoms with Crippen LogP contribution in [0.15, 0.2) is 18.2 Å². The van der Waals surface area contributed by atoms with Crippen LogP contribution in [-0.4, -0.2) is 38.7 Å². The average molecular weight is 233 g/mol. The summed E-state index contributed by atoms with van der Waals surface area (Å²) >= 11 is 0. The number of anilines is 1. The maximum absolute atomic E-state index is 9.02. The second kappa shape index (κ2) is 6.12. The van der Waals surface area contributed by atoms with Gasteiger partial charge in [0.25, 0.3) is 0 Å². The van der Waals surface area contributed by atoms with E-state index in [-0.39, 0.29) is 0 Å². The number of ether oxygens (including phenoxy) is 1. The van der Waals surface area contributed by atoms with Gasteiger partial charge < -0.3 is 15.0 Å². The molecule has 1 rings (SSSR count). The summed E-state index contributed by atoms with van der Waals surface area (Å²) in [5.41, 5.74) is 1.46. The Balaban J connectivity index is 2.78. The number of likely N-dealkylation sites (N-methyl/N-ethyl adjacent to an activating group) is 1. The molecule has 1 aromatic carbocycles. The molecule has 0 aliphatic heterocycles. The van der Waals surface area contributed by atoms with Gasteiger partial charge in [-0.2, -0.15) is 5.26 Å². The molecule has 0 fully saturated rings. The summed E-state index contributed by atoms with van der Waals surface area (Å²) in [4.78, 5) is 2.12. The zero-order valence-electron chi connectivity index (χ0n) is 10.8. The summed E-state index contributed by atoms with van der Waals surface area (Å²) in [6, 6.07) is 7.97. The first-order valence-corrected chi connectivity index (χ1v) is 5.57. The van der Waals surface area contributed by atoms with E-state index >= 15 is 0 Å². The second-order valence-corrected chi connectivity index (χ2v) is 4.22. The molecule has 4 heteroatoms. The highest BCUT2D eigenvalue weighted by Gasteiger charge is 2.07. The first-order chi connectivity index (χ1) is 8.08. The molecule has 0 aromatic heterocycles. The van der Waals surface area contributed by atoms with Crippen molar-refractivity contribution in [3.8, 4) is 11.8 Å². The van der Waals surface area contributed by atoms with Gasteiger partial charge in [0, 0.05) is 18.7 Å². The van der Waals surface area contributed by atoms with Crippen molar-refractivity contribution in [2.24, 2.45) is 0 Å². The molecule has 0 bridgehead atoms. The number of benzene rings is 1. The lowest BCUT2D eigenvalue weighted by Crippen LogP contribution is -2.31. The molecule has 1 unspecified atom stereocenters. The number of rotatable bonds is 5. The first kappa shape index (κ1) is 13.3. The normalized spacial score (nSPS) is 12.0. The third-order valence-corrected chi connectivity index (χ3v) is 2.82. The van der Waals surface area contributed by atoms with Crippen LogP contribution in [0.2, 0.25) is 0 Å². The molecule has 1 atom stereocenters. The van der Waals surface area contributed by atoms with Crippen LogP contribution in [0.3, 0.4) is 0 Å². The van der Waals surface area contributed by atoms with Crippen LogP contribution < -0.4 is 10.1 Å². The predicted molar refractivity (Wildman–Crippen MR) is 69.3 cm³/mol. The SMILES string of the molecule is COc1ccc(C#N)c(NCC(C)N(C)C)c1. The molecule has 0 heterocycles. The van der Waals surface area contributed by atoms with Crippen LogP contribution in [-0.2, 0) is 0 Å². The van der Waals surface area contributed by atoms with E-state index < -0.39 is 0 Å². The van der Waals surface area contributed by atoms with E-state index in [0.717, 1.165) is 18.0 Å². The zero-order chi connectivity index (χ0) is 12.8. The van der Waals surface area contributed by atoms with Gasteiger partial charge in [0.05, 0.1) is 18.4 Å². The molecule has 0 saturated heterocycles. The smallest absolute Gasteiger partial charge is 0.121 e. The molecule has 0 saturated carbocycles. The molecular formula is C13H19N3O. The van der Waals surface area contributed by atoms with Gasteiger partial charge in [0.1, 0.15) is 11.8 Å². The number of hydrogen-bond acceptors (Lipinski definition) is 4. The van der Waals surface area contributed by atoms with Crippen LogP contribution in [0.4, 0.5) is 5.69 Å². The van der Waals surface area contributed by atoms with Gasteiger partial charge >= 0.3 is 0 Å². The minimum atomic E-state index is 0.396. The Morgan fingerprint density at radius 2 is 2.18 bits per heavy atom. The third-order valence-electron chi connectivity index (χ3n) is 2.82. The highest BCUT2D eigenvalue weighted by molar-refractivity contribution is 5.60. The fourth-order valence-electron chi connectivity index (χ4n) is 1.33. The average Bonchev–Trinajstić information content (AvgIpc) is 2.35. The fourth-order valence-corrected chi connectivity index (χ4v) is 1.33. The van der Waals surface area contributed by atoms with Gasteiger partial charge in [-0.25, -0.2) is 0 Å². The Morgan fingerprint density at radius 1 is 1.47 bits per heavy atom. The molecule has 17 heavy (non-hydrogen) atoms. The maximum atomic E-state index is 9.02. The number of nitriles is 1. The van der Waals surface area contributed by atoms with Gasteiger partial charge in [-0.1, -0.05) is 0 Å². The second-order valence-electron chi connectivity index (χ2n) is 4.22. The standard InChI is InChI=1S/C13H19N3O/c1-10(16(2)3)9-15-13-7-12(17-4)6-5-11(13)8-14/h5-7,10,15H,9H2,1-4H3. The molecule has 92 valence electrons. The van der Waals surface area contributed by atoms with Crippen molar-refractivity contribution in [2.75, 3.05) is 33.1 Å². The number of hydrogen-bond donors (Lipinski definition) is 1. The van der Waals surface area contributed by atoms with E-state index in [1.165, 1.54) is 0 Å². The number of nitrogens with one attached hydrogen (secondary N) is 1. The predicted octanol–water partition coefficient (Wildman–Crippen LogP) is 1.93. The number of nitrogens with zero attached hydrogens (tertiary/aromatic N) is 2.